The Bertz CT molecular complexity index is 326. The van der Waals surface area contributed by atoms with Gasteiger partial charge in [0.2, 0.25) is 0 Å². The van der Waals surface area contributed by atoms with Crippen LogP contribution in [0.2, 0.25) is 0 Å². The third-order valence-corrected chi connectivity index (χ3v) is 2.75. The van der Waals surface area contributed by atoms with Crippen molar-refractivity contribution >= 4 is 16.5 Å². The van der Waals surface area contributed by atoms with Crippen LogP contribution in [-0.4, -0.2) is 4.89 Å². The molecule has 14 heavy (non-hydrogen) atoms. The molecule has 0 spiro atoms. The molecule has 0 radical (unpaired) electrons. The van der Waals surface area contributed by atoms with Crippen molar-refractivity contribution in [2.75, 3.05) is 0 Å². The summed E-state index contributed by atoms with van der Waals surface area (Å²) >= 11 is 0. The molecule has 0 bridgehead atoms. The largest absolute Gasteiger partial charge is 0.748 e. The van der Waals surface area contributed by atoms with Gasteiger partial charge in [-0.25, -0.2) is 0 Å². The summed E-state index contributed by atoms with van der Waals surface area (Å²) in [5, 5.41) is 0. The van der Waals surface area contributed by atoms with Gasteiger partial charge in [-0.3, -0.25) is 0 Å². The van der Waals surface area contributed by atoms with E-state index in [2.05, 4.69) is 8.83 Å². The van der Waals surface area contributed by atoms with Gasteiger partial charge in [0.05, 0.1) is 0 Å². The molecule has 1 aromatic carbocycles. The van der Waals surface area contributed by atoms with Gasteiger partial charge >= 0.3 is 16.5 Å². The van der Waals surface area contributed by atoms with Gasteiger partial charge in [-0.1, -0.05) is 30.3 Å². The van der Waals surface area contributed by atoms with Gasteiger partial charge in [-0.15, -0.1) is 9.42 Å². The highest BCUT2D eigenvalue weighted by Crippen LogP contribution is 2.36. The van der Waals surface area contributed by atoms with Gasteiger partial charge in [-0.05, 0) is 5.56 Å². The quantitative estimate of drug-likeness (QED) is 0.792. The topological polar surface area (TPSA) is 72.8 Å². The molecule has 0 saturated heterocycles. The molecule has 0 saturated carbocycles. The highest BCUT2D eigenvalue weighted by atomic mass is 31.2. The lowest BCUT2D eigenvalue weighted by Gasteiger charge is -1.90. The Morgan fingerprint density at radius 1 is 1.21 bits per heavy atom. The Hall–Kier alpha value is -0.700. The normalized spacial score (nSPS) is 12.4. The third-order valence-electron chi connectivity index (χ3n) is 1.32. The Kier molecular flexibility index (Phi) is 4.80. The highest BCUT2D eigenvalue weighted by molar-refractivity contribution is 7.47. The molecule has 0 amide bonds. The second kappa shape index (κ2) is 5.91. The van der Waals surface area contributed by atoms with Crippen molar-refractivity contribution in [3.8, 4) is 0 Å². The van der Waals surface area contributed by atoms with Crippen molar-refractivity contribution in [2.24, 2.45) is 0 Å². The van der Waals surface area contributed by atoms with E-state index >= 15 is 0 Å². The molecular weight excluding hydrogens is 226 g/mol. The van der Waals surface area contributed by atoms with E-state index in [0.29, 0.717) is 0 Å². The zero-order chi connectivity index (χ0) is 10.4. The van der Waals surface area contributed by atoms with E-state index < -0.39 is 16.5 Å². The molecule has 2 unspecified atom stereocenters. The van der Waals surface area contributed by atoms with Gasteiger partial charge in [-0.2, -0.15) is 0 Å². The van der Waals surface area contributed by atoms with Crippen molar-refractivity contribution in [3.63, 3.8) is 0 Å². The van der Waals surface area contributed by atoms with Crippen LogP contribution in [0, 0.1) is 0 Å². The molecule has 74 valence electrons. The molecule has 1 N–H and O–H groups in total. The third kappa shape index (κ3) is 4.51. The van der Waals surface area contributed by atoms with E-state index in [-0.39, 0.29) is 6.61 Å². The predicted molar refractivity (Wildman–Crippen MR) is 49.7 cm³/mol. The molecule has 0 fully saturated rings. The predicted octanol–water partition coefficient (Wildman–Crippen LogP) is 2.53. The molecule has 0 aliphatic carbocycles. The van der Waals surface area contributed by atoms with Crippen molar-refractivity contribution in [1.82, 2.24) is 0 Å². The second-order valence-corrected chi connectivity index (χ2v) is 4.14. The lowest BCUT2D eigenvalue weighted by molar-refractivity contribution is 0.271. The molecule has 1 aromatic rings. The van der Waals surface area contributed by atoms with Crippen LogP contribution in [0.3, 0.4) is 0 Å². The maximum absolute atomic E-state index is 10.8. The summed E-state index contributed by atoms with van der Waals surface area (Å²) in [7, 11) is -5.41. The van der Waals surface area contributed by atoms with E-state index in [1.807, 2.05) is 6.07 Å². The van der Waals surface area contributed by atoms with E-state index in [1.165, 1.54) is 0 Å². The Morgan fingerprint density at radius 2 is 1.86 bits per heavy atom. The Balaban J connectivity index is 2.34. The summed E-state index contributed by atoms with van der Waals surface area (Å²) in [5.41, 5.74) is 0.813. The van der Waals surface area contributed by atoms with Crippen molar-refractivity contribution in [1.29, 1.82) is 0 Å². The van der Waals surface area contributed by atoms with E-state index in [1.54, 1.807) is 24.3 Å². The fourth-order valence-electron chi connectivity index (χ4n) is 0.782. The molecule has 1 rings (SSSR count). The number of hydrogen-bond acceptors (Lipinski definition) is 4. The van der Waals surface area contributed by atoms with Crippen LogP contribution in [0.25, 0.3) is 0 Å². The average molecular weight is 234 g/mol. The first-order valence-electron chi connectivity index (χ1n) is 3.67. The van der Waals surface area contributed by atoms with Crippen LogP contribution in [-0.2, 0) is 24.6 Å². The molecule has 0 heterocycles. The minimum absolute atomic E-state index is 0.0826. The molecule has 0 aliphatic heterocycles. The summed E-state index contributed by atoms with van der Waals surface area (Å²) in [6, 6.07) is 9.01. The van der Waals surface area contributed by atoms with E-state index in [0.717, 1.165) is 5.56 Å². The fourth-order valence-corrected chi connectivity index (χ4v) is 1.68. The van der Waals surface area contributed by atoms with E-state index in [4.69, 9.17) is 4.89 Å². The number of rotatable bonds is 5. The number of hydrogen-bond donors (Lipinski definition) is 1. The first-order valence-corrected chi connectivity index (χ1v) is 5.89. The minimum Gasteiger partial charge on any atom is -0.131 e. The van der Waals surface area contributed by atoms with Gasteiger partial charge < -0.3 is 0 Å². The summed E-state index contributed by atoms with van der Waals surface area (Å²) in [6.45, 7) is 0.0826. The van der Waals surface area contributed by atoms with Crippen LogP contribution in [0.5, 0.6) is 0 Å². The highest BCUT2D eigenvalue weighted by Gasteiger charge is 2.36. The molecule has 7 heteroatoms. The summed E-state index contributed by atoms with van der Waals surface area (Å²) in [5.74, 6) is 0. The molecule has 0 aromatic heterocycles. The van der Waals surface area contributed by atoms with Crippen molar-refractivity contribution in [2.45, 2.75) is 6.61 Å². The summed E-state index contributed by atoms with van der Waals surface area (Å²) in [6.07, 6.45) is 0. The van der Waals surface area contributed by atoms with Crippen LogP contribution >= 0.6 is 16.5 Å². The van der Waals surface area contributed by atoms with Crippen LogP contribution in [0.15, 0.2) is 30.3 Å². The SMILES string of the molecule is O=[P+](O)O[P+](=O)OCc1ccccc1. The fraction of sp³-hybridized carbons (Fsp3) is 0.143. The molecular formula is C7H8O5P2+2. The van der Waals surface area contributed by atoms with Crippen LogP contribution in [0.4, 0.5) is 0 Å². The van der Waals surface area contributed by atoms with Gasteiger partial charge in [0, 0.05) is 9.13 Å². The van der Waals surface area contributed by atoms with Gasteiger partial charge in [0.25, 0.3) is 0 Å². The zero-order valence-corrected chi connectivity index (χ0v) is 8.86. The van der Waals surface area contributed by atoms with E-state index in [9.17, 15) is 9.13 Å². The van der Waals surface area contributed by atoms with Crippen molar-refractivity contribution in [3.05, 3.63) is 35.9 Å². The van der Waals surface area contributed by atoms with Crippen LogP contribution < -0.4 is 0 Å². The molecule has 5 nitrogen and oxygen atoms in total. The number of benzene rings is 1. The summed E-state index contributed by atoms with van der Waals surface area (Å²) < 4.78 is 29.6. The van der Waals surface area contributed by atoms with Gasteiger partial charge in [0.15, 0.2) is 4.31 Å². The maximum atomic E-state index is 10.8. The minimum atomic E-state index is -2.88. The van der Waals surface area contributed by atoms with Crippen LogP contribution in [0.1, 0.15) is 5.56 Å². The first-order chi connectivity index (χ1) is 6.68. The first kappa shape index (κ1) is 11.4. The zero-order valence-electron chi connectivity index (χ0n) is 7.07. The smallest absolute Gasteiger partial charge is 0.131 e. The second-order valence-electron chi connectivity index (χ2n) is 2.30. The molecule has 2 atom stereocenters. The Morgan fingerprint density at radius 3 is 2.43 bits per heavy atom. The molecule has 0 aliphatic rings. The average Bonchev–Trinajstić information content (AvgIpc) is 2.15. The summed E-state index contributed by atoms with van der Waals surface area (Å²) in [4.78, 5) is 8.24. The maximum Gasteiger partial charge on any atom is 0.748 e. The Labute approximate surface area is 82.6 Å². The lowest BCUT2D eigenvalue weighted by Crippen LogP contribution is -1.84. The standard InChI is InChI=1S/C7H7O5P2/c8-13(9)12-14(10)11-6-7-4-2-1-3-5-7/h1-5H,6H2/q+1/p+1. The van der Waals surface area contributed by atoms with Gasteiger partial charge in [0.1, 0.15) is 6.61 Å². The van der Waals surface area contributed by atoms with Crippen molar-refractivity contribution < 1.29 is 22.9 Å². The monoisotopic (exact) mass is 234 g/mol. The lowest BCUT2D eigenvalue weighted by atomic mass is 10.2.